The molecular formula is C13H19Cl2N. The molecule has 0 bridgehead atoms. The topological polar surface area (TPSA) is 4.93 Å². The number of nitrogens with zero attached hydrogens (tertiary/aromatic N) is 1. The highest BCUT2D eigenvalue weighted by molar-refractivity contribution is 5.85. The maximum atomic E-state index is 2.38. The van der Waals surface area contributed by atoms with Gasteiger partial charge in [0.05, 0.1) is 0 Å². The van der Waals surface area contributed by atoms with Crippen molar-refractivity contribution in [3.8, 4) is 0 Å². The van der Waals surface area contributed by atoms with Crippen LogP contribution in [-0.2, 0) is 0 Å². The Labute approximate surface area is 110 Å². The zero-order chi connectivity index (χ0) is 10.3. The van der Waals surface area contributed by atoms with Gasteiger partial charge in [-0.25, -0.2) is 0 Å². The van der Waals surface area contributed by atoms with Crippen LogP contribution in [0.5, 0.6) is 0 Å². The molecule has 0 aliphatic heterocycles. The van der Waals surface area contributed by atoms with Gasteiger partial charge in [0, 0.05) is 23.5 Å². The molecule has 1 nitrogen and oxygen atoms in total. The zero-order valence-electron chi connectivity index (χ0n) is 10.2. The largest absolute Gasteiger partial charge is 0.321 e. The average Bonchev–Trinajstić information content (AvgIpc) is 2.73. The summed E-state index contributed by atoms with van der Waals surface area (Å²) in [6, 6.07) is 0. The van der Waals surface area contributed by atoms with Crippen LogP contribution in [0.1, 0.15) is 28.9 Å². The number of allylic oxidation sites excluding steroid dienone is 4. The van der Waals surface area contributed by atoms with Gasteiger partial charge in [0.2, 0.25) is 0 Å². The smallest absolute Gasteiger partial charge is 0.0263 e. The van der Waals surface area contributed by atoms with Gasteiger partial charge >= 0.3 is 0 Å². The van der Waals surface area contributed by atoms with E-state index in [4.69, 9.17) is 0 Å². The van der Waals surface area contributed by atoms with E-state index >= 15 is 0 Å². The second-order valence-electron chi connectivity index (χ2n) is 4.05. The van der Waals surface area contributed by atoms with Gasteiger partial charge in [-0.05, 0) is 44.9 Å². The van der Waals surface area contributed by atoms with Gasteiger partial charge in [-0.15, -0.1) is 24.8 Å². The van der Waals surface area contributed by atoms with E-state index in [1.165, 1.54) is 28.2 Å². The molecule has 16 heavy (non-hydrogen) atoms. The van der Waals surface area contributed by atoms with Gasteiger partial charge in [0.25, 0.3) is 0 Å². The van der Waals surface area contributed by atoms with Gasteiger partial charge < -0.3 is 4.57 Å². The second kappa shape index (κ2) is 5.60. The minimum Gasteiger partial charge on any atom is -0.321 e. The number of rotatable bonds is 1. The summed E-state index contributed by atoms with van der Waals surface area (Å²) in [6.45, 7) is 8.82. The van der Waals surface area contributed by atoms with Crippen molar-refractivity contribution in [1.82, 2.24) is 4.57 Å². The highest BCUT2D eigenvalue weighted by Gasteiger charge is 2.13. The molecule has 0 saturated carbocycles. The second-order valence-corrected chi connectivity index (χ2v) is 4.05. The predicted octanol–water partition coefficient (Wildman–Crippen LogP) is 4.37. The number of hydrogen-bond acceptors (Lipinski definition) is 0. The lowest BCUT2D eigenvalue weighted by Crippen LogP contribution is -1.99. The lowest BCUT2D eigenvalue weighted by molar-refractivity contribution is 0.956. The maximum absolute atomic E-state index is 2.38. The highest BCUT2D eigenvalue weighted by atomic mass is 35.5. The van der Waals surface area contributed by atoms with Gasteiger partial charge in [-0.2, -0.15) is 0 Å². The third-order valence-corrected chi connectivity index (χ3v) is 3.36. The number of hydrogen-bond donors (Lipinski definition) is 0. The summed E-state index contributed by atoms with van der Waals surface area (Å²) >= 11 is 0. The van der Waals surface area contributed by atoms with E-state index in [0.29, 0.717) is 0 Å². The van der Waals surface area contributed by atoms with Gasteiger partial charge in [-0.1, -0.05) is 12.2 Å². The van der Waals surface area contributed by atoms with E-state index < -0.39 is 0 Å². The Hall–Kier alpha value is -0.660. The van der Waals surface area contributed by atoms with Crippen LogP contribution < -0.4 is 0 Å². The molecule has 1 aliphatic carbocycles. The Morgan fingerprint density at radius 3 is 1.81 bits per heavy atom. The predicted molar refractivity (Wildman–Crippen MR) is 75.9 cm³/mol. The van der Waals surface area contributed by atoms with Gasteiger partial charge in [-0.3, -0.25) is 0 Å². The Morgan fingerprint density at radius 1 is 0.938 bits per heavy atom. The summed E-state index contributed by atoms with van der Waals surface area (Å²) in [5, 5.41) is 0. The molecule has 1 aliphatic rings. The maximum Gasteiger partial charge on any atom is 0.0263 e. The van der Waals surface area contributed by atoms with Crippen molar-refractivity contribution in [2.45, 2.75) is 34.1 Å². The van der Waals surface area contributed by atoms with Crippen LogP contribution in [0.25, 0.3) is 5.70 Å². The first-order valence-electron chi connectivity index (χ1n) is 5.14. The van der Waals surface area contributed by atoms with Crippen LogP contribution >= 0.6 is 24.8 Å². The fourth-order valence-electron chi connectivity index (χ4n) is 2.16. The van der Waals surface area contributed by atoms with Crippen molar-refractivity contribution in [1.29, 1.82) is 0 Å². The zero-order valence-corrected chi connectivity index (χ0v) is 11.8. The van der Waals surface area contributed by atoms with Gasteiger partial charge in [0.15, 0.2) is 0 Å². The summed E-state index contributed by atoms with van der Waals surface area (Å²) in [6.07, 6.45) is 7.62. The summed E-state index contributed by atoms with van der Waals surface area (Å²) in [7, 11) is 0. The SMILES string of the molecule is Cc1c(C)c(C)n(C2=CC=CC2)c1C.Cl.Cl. The molecule has 2 rings (SSSR count). The molecule has 1 aromatic heterocycles. The minimum atomic E-state index is 0. The van der Waals surface area contributed by atoms with Crippen molar-refractivity contribution >= 4 is 30.5 Å². The van der Waals surface area contributed by atoms with E-state index in [1.807, 2.05) is 0 Å². The van der Waals surface area contributed by atoms with E-state index in [1.54, 1.807) is 0 Å². The van der Waals surface area contributed by atoms with Crippen molar-refractivity contribution in [3.63, 3.8) is 0 Å². The third-order valence-electron chi connectivity index (χ3n) is 3.36. The molecule has 0 unspecified atom stereocenters. The van der Waals surface area contributed by atoms with Crippen LogP contribution in [0.4, 0.5) is 0 Å². The molecule has 0 saturated heterocycles. The number of halogens is 2. The van der Waals surface area contributed by atoms with Crippen molar-refractivity contribution in [2.75, 3.05) is 0 Å². The normalized spacial score (nSPS) is 13.1. The Morgan fingerprint density at radius 2 is 1.44 bits per heavy atom. The first-order valence-corrected chi connectivity index (χ1v) is 5.14. The average molecular weight is 260 g/mol. The van der Waals surface area contributed by atoms with Crippen LogP contribution in [0.2, 0.25) is 0 Å². The standard InChI is InChI=1S/C13H17N.2ClH/c1-9-10(2)12(4)14(11(9)3)13-7-5-6-8-13;;/h5-7H,8H2,1-4H3;2*1H. The van der Waals surface area contributed by atoms with Crippen LogP contribution in [-0.4, -0.2) is 4.57 Å². The first-order chi connectivity index (χ1) is 6.63. The number of aromatic nitrogens is 1. The van der Waals surface area contributed by atoms with Crippen molar-refractivity contribution < 1.29 is 0 Å². The van der Waals surface area contributed by atoms with Crippen LogP contribution in [0.3, 0.4) is 0 Å². The van der Waals surface area contributed by atoms with E-state index in [-0.39, 0.29) is 24.8 Å². The molecule has 0 amide bonds. The third kappa shape index (κ3) is 2.21. The summed E-state index contributed by atoms with van der Waals surface area (Å²) in [4.78, 5) is 0. The first kappa shape index (κ1) is 15.3. The molecule has 0 spiro atoms. The molecule has 1 heterocycles. The molecule has 0 atom stereocenters. The summed E-state index contributed by atoms with van der Waals surface area (Å²) < 4.78 is 2.38. The molecule has 0 N–H and O–H groups in total. The minimum absolute atomic E-state index is 0. The Bertz CT molecular complexity index is 414. The van der Waals surface area contributed by atoms with Crippen LogP contribution in [0.15, 0.2) is 18.2 Å². The molecule has 0 aromatic carbocycles. The molecule has 3 heteroatoms. The lowest BCUT2D eigenvalue weighted by Gasteiger charge is -2.10. The summed E-state index contributed by atoms with van der Waals surface area (Å²) in [5.74, 6) is 0. The van der Waals surface area contributed by atoms with Crippen molar-refractivity contribution in [3.05, 3.63) is 40.7 Å². The highest BCUT2D eigenvalue weighted by Crippen LogP contribution is 2.27. The molecule has 0 radical (unpaired) electrons. The van der Waals surface area contributed by atoms with Crippen LogP contribution in [0, 0.1) is 27.7 Å². The van der Waals surface area contributed by atoms with Crippen molar-refractivity contribution in [2.24, 2.45) is 0 Å². The summed E-state index contributed by atoms with van der Waals surface area (Å²) in [5.41, 5.74) is 7.02. The molecule has 90 valence electrons. The van der Waals surface area contributed by atoms with E-state index in [2.05, 4.69) is 50.5 Å². The van der Waals surface area contributed by atoms with Gasteiger partial charge in [0.1, 0.15) is 0 Å². The molecule has 1 aromatic rings. The Balaban J connectivity index is 0.00000112. The fraction of sp³-hybridized carbons (Fsp3) is 0.385. The quantitative estimate of drug-likeness (QED) is 0.706. The Kier molecular flexibility index (Phi) is 5.37. The lowest BCUT2D eigenvalue weighted by atomic mass is 10.2. The molecule has 0 fully saturated rings. The van der Waals surface area contributed by atoms with E-state index in [0.717, 1.165) is 6.42 Å². The molecular weight excluding hydrogens is 241 g/mol. The van der Waals surface area contributed by atoms with E-state index in [9.17, 15) is 0 Å². The fourth-order valence-corrected chi connectivity index (χ4v) is 2.16. The monoisotopic (exact) mass is 259 g/mol.